The highest BCUT2D eigenvalue weighted by atomic mass is 16.9. The molecule has 5 heteroatoms. The summed E-state index contributed by atoms with van der Waals surface area (Å²) in [5.41, 5.74) is 0.965. The predicted molar refractivity (Wildman–Crippen MR) is 73.2 cm³/mol. The normalized spacial score (nSPS) is 26.3. The lowest BCUT2D eigenvalue weighted by atomic mass is 10.0. The summed E-state index contributed by atoms with van der Waals surface area (Å²) >= 11 is 0. The average molecular weight is 283 g/mol. The number of carbonyl (C=O) groups is 1. The van der Waals surface area contributed by atoms with Crippen molar-refractivity contribution in [3.05, 3.63) is 66.2 Å². The third kappa shape index (κ3) is 2.26. The van der Waals surface area contributed by atoms with E-state index in [1.165, 1.54) is 5.06 Å². The quantitative estimate of drug-likeness (QED) is 0.795. The number of hydrogen-bond donors (Lipinski definition) is 0. The SMILES string of the molecule is O=C(Oc1ccccc1)N1O[C@@H]2O[C@@H]2[C@H]1c1ccccc1. The third-order valence-electron chi connectivity index (χ3n) is 3.53. The molecule has 0 aliphatic carbocycles. The number of ether oxygens (including phenoxy) is 2. The second kappa shape index (κ2) is 4.87. The molecule has 2 aliphatic rings. The van der Waals surface area contributed by atoms with Gasteiger partial charge in [-0.05, 0) is 17.7 Å². The molecule has 3 atom stereocenters. The van der Waals surface area contributed by atoms with Crippen LogP contribution in [0.2, 0.25) is 0 Å². The molecule has 2 aromatic carbocycles. The molecule has 4 rings (SSSR count). The van der Waals surface area contributed by atoms with Gasteiger partial charge in [0.25, 0.3) is 0 Å². The van der Waals surface area contributed by atoms with Crippen molar-refractivity contribution in [3.63, 3.8) is 0 Å². The van der Waals surface area contributed by atoms with Crippen LogP contribution in [0.4, 0.5) is 4.79 Å². The largest absolute Gasteiger partial charge is 0.440 e. The molecule has 1 amide bonds. The Morgan fingerprint density at radius 2 is 1.67 bits per heavy atom. The highest BCUT2D eigenvalue weighted by Crippen LogP contribution is 2.46. The number of amides is 1. The Morgan fingerprint density at radius 1 is 1.00 bits per heavy atom. The smallest absolute Gasteiger partial charge is 0.409 e. The van der Waals surface area contributed by atoms with E-state index in [9.17, 15) is 4.79 Å². The van der Waals surface area contributed by atoms with Crippen molar-refractivity contribution in [2.75, 3.05) is 0 Å². The number of hydrogen-bond acceptors (Lipinski definition) is 4. The zero-order valence-corrected chi connectivity index (χ0v) is 11.1. The zero-order chi connectivity index (χ0) is 14.2. The van der Waals surface area contributed by atoms with Gasteiger partial charge in [0.2, 0.25) is 6.29 Å². The molecule has 2 aliphatic heterocycles. The van der Waals surface area contributed by atoms with E-state index >= 15 is 0 Å². The number of fused-ring (bicyclic) bond motifs is 1. The Morgan fingerprint density at radius 3 is 2.38 bits per heavy atom. The molecule has 2 heterocycles. The number of para-hydroxylation sites is 1. The van der Waals surface area contributed by atoms with E-state index in [0.29, 0.717) is 5.75 Å². The van der Waals surface area contributed by atoms with Crippen molar-refractivity contribution < 1.29 is 19.1 Å². The zero-order valence-electron chi connectivity index (χ0n) is 11.1. The molecule has 0 spiro atoms. The van der Waals surface area contributed by atoms with Crippen LogP contribution in [0.15, 0.2) is 60.7 Å². The maximum atomic E-state index is 12.3. The topological polar surface area (TPSA) is 51.3 Å². The molecular formula is C16H13NO4. The number of nitrogens with zero attached hydrogens (tertiary/aromatic N) is 1. The van der Waals surface area contributed by atoms with Gasteiger partial charge in [-0.1, -0.05) is 48.5 Å². The molecule has 0 aromatic heterocycles. The molecule has 2 saturated heterocycles. The van der Waals surface area contributed by atoms with Gasteiger partial charge in [-0.3, -0.25) is 0 Å². The van der Waals surface area contributed by atoms with Gasteiger partial charge in [0.15, 0.2) is 0 Å². The van der Waals surface area contributed by atoms with E-state index < -0.39 is 6.09 Å². The minimum absolute atomic E-state index is 0.115. The second-order valence-electron chi connectivity index (χ2n) is 4.94. The first-order valence-electron chi connectivity index (χ1n) is 6.76. The first kappa shape index (κ1) is 12.4. The highest BCUT2D eigenvalue weighted by molar-refractivity contribution is 5.70. The molecule has 106 valence electrons. The van der Waals surface area contributed by atoms with Gasteiger partial charge in [0, 0.05) is 0 Å². The predicted octanol–water partition coefficient (Wildman–Crippen LogP) is 2.90. The van der Waals surface area contributed by atoms with E-state index in [4.69, 9.17) is 14.3 Å². The summed E-state index contributed by atoms with van der Waals surface area (Å²) in [7, 11) is 0. The van der Waals surface area contributed by atoms with Gasteiger partial charge < -0.3 is 9.47 Å². The maximum Gasteiger partial charge on any atom is 0.440 e. The van der Waals surface area contributed by atoms with Crippen molar-refractivity contribution >= 4 is 6.09 Å². The van der Waals surface area contributed by atoms with E-state index in [1.807, 2.05) is 48.5 Å². The number of epoxide rings is 1. The van der Waals surface area contributed by atoms with Crippen LogP contribution in [-0.2, 0) is 9.57 Å². The first-order valence-corrected chi connectivity index (χ1v) is 6.76. The summed E-state index contributed by atoms with van der Waals surface area (Å²) < 4.78 is 10.7. The molecule has 5 nitrogen and oxygen atoms in total. The molecule has 0 N–H and O–H groups in total. The summed E-state index contributed by atoms with van der Waals surface area (Å²) in [4.78, 5) is 17.8. The first-order chi connectivity index (χ1) is 10.3. The Balaban J connectivity index is 1.55. The number of benzene rings is 2. The van der Waals surface area contributed by atoms with Gasteiger partial charge in [-0.2, -0.15) is 5.06 Å². The van der Waals surface area contributed by atoms with E-state index in [2.05, 4.69) is 0 Å². The Kier molecular flexibility index (Phi) is 2.87. The Labute approximate surface area is 121 Å². The van der Waals surface area contributed by atoms with Crippen molar-refractivity contribution in [1.29, 1.82) is 0 Å². The Hall–Kier alpha value is -2.37. The lowest BCUT2D eigenvalue weighted by Crippen LogP contribution is -2.35. The molecule has 2 fully saturated rings. The van der Waals surface area contributed by atoms with E-state index in [-0.39, 0.29) is 18.4 Å². The van der Waals surface area contributed by atoms with Gasteiger partial charge in [0.05, 0.1) is 0 Å². The highest BCUT2D eigenvalue weighted by Gasteiger charge is 2.59. The number of carbonyl (C=O) groups excluding carboxylic acids is 1. The minimum atomic E-state index is -0.536. The van der Waals surface area contributed by atoms with Crippen molar-refractivity contribution in [3.8, 4) is 5.75 Å². The molecule has 2 aromatic rings. The minimum Gasteiger partial charge on any atom is -0.409 e. The van der Waals surface area contributed by atoms with Crippen molar-refractivity contribution in [2.24, 2.45) is 0 Å². The molecule has 0 saturated carbocycles. The molecular weight excluding hydrogens is 270 g/mol. The van der Waals surface area contributed by atoms with Gasteiger partial charge in [-0.15, -0.1) is 0 Å². The molecule has 0 bridgehead atoms. The van der Waals surface area contributed by atoms with Crippen molar-refractivity contribution in [2.45, 2.75) is 18.4 Å². The van der Waals surface area contributed by atoms with Crippen LogP contribution in [0.5, 0.6) is 5.75 Å². The maximum absolute atomic E-state index is 12.3. The summed E-state index contributed by atoms with van der Waals surface area (Å²) in [5.74, 6) is 0.486. The van der Waals surface area contributed by atoms with Crippen LogP contribution in [0.1, 0.15) is 11.6 Å². The monoisotopic (exact) mass is 283 g/mol. The molecule has 0 radical (unpaired) electrons. The van der Waals surface area contributed by atoms with Crippen LogP contribution in [0.3, 0.4) is 0 Å². The lowest BCUT2D eigenvalue weighted by molar-refractivity contribution is -0.177. The van der Waals surface area contributed by atoms with Crippen LogP contribution in [0, 0.1) is 0 Å². The summed E-state index contributed by atoms with van der Waals surface area (Å²) in [6.45, 7) is 0. The fourth-order valence-electron chi connectivity index (χ4n) is 2.49. The van der Waals surface area contributed by atoms with Crippen LogP contribution in [0.25, 0.3) is 0 Å². The fourth-order valence-corrected chi connectivity index (χ4v) is 2.49. The number of hydroxylamine groups is 2. The average Bonchev–Trinajstić information content (AvgIpc) is 3.19. The summed E-state index contributed by atoms with van der Waals surface area (Å²) in [6.07, 6.45) is -1.000. The van der Waals surface area contributed by atoms with Gasteiger partial charge in [0.1, 0.15) is 17.9 Å². The number of rotatable bonds is 2. The van der Waals surface area contributed by atoms with Crippen LogP contribution >= 0.6 is 0 Å². The lowest BCUT2D eigenvalue weighted by Gasteiger charge is -2.24. The fraction of sp³-hybridized carbons (Fsp3) is 0.188. The van der Waals surface area contributed by atoms with Gasteiger partial charge >= 0.3 is 6.09 Å². The van der Waals surface area contributed by atoms with E-state index in [1.54, 1.807) is 12.1 Å². The van der Waals surface area contributed by atoms with E-state index in [0.717, 1.165) is 5.56 Å². The van der Waals surface area contributed by atoms with Crippen LogP contribution < -0.4 is 4.74 Å². The Bertz CT molecular complexity index is 646. The molecule has 21 heavy (non-hydrogen) atoms. The second-order valence-corrected chi connectivity index (χ2v) is 4.94. The van der Waals surface area contributed by atoms with Gasteiger partial charge in [-0.25, -0.2) is 9.63 Å². The standard InChI is InChI=1S/C16H13NO4/c18-16(19-12-9-5-2-6-10-12)17-13(14-15(20-14)21-17)11-7-3-1-4-8-11/h1-10,13-15H/t13-,14-,15+/m1/s1. The van der Waals surface area contributed by atoms with Crippen LogP contribution in [-0.4, -0.2) is 23.6 Å². The molecule has 0 unspecified atom stereocenters. The van der Waals surface area contributed by atoms with Crippen molar-refractivity contribution in [1.82, 2.24) is 5.06 Å². The third-order valence-corrected chi connectivity index (χ3v) is 3.53. The summed E-state index contributed by atoms with van der Waals surface area (Å²) in [5, 5.41) is 1.27. The summed E-state index contributed by atoms with van der Waals surface area (Å²) in [6, 6.07) is 18.3.